The second kappa shape index (κ2) is 6.44. The molecule has 0 spiro atoms. The van der Waals surface area contributed by atoms with Crippen molar-refractivity contribution in [2.75, 3.05) is 11.4 Å². The maximum absolute atomic E-state index is 12.7. The summed E-state index contributed by atoms with van der Waals surface area (Å²) in [5.74, 6) is 0.993. The Hall–Kier alpha value is -2.77. The summed E-state index contributed by atoms with van der Waals surface area (Å²) in [6.07, 6.45) is 9.34. The Morgan fingerprint density at radius 1 is 1.22 bits per heavy atom. The van der Waals surface area contributed by atoms with Gasteiger partial charge in [0.25, 0.3) is 0 Å². The number of anilines is 1. The fraction of sp³-hybridized carbons (Fsp3) is 0.526. The van der Waals surface area contributed by atoms with Gasteiger partial charge >= 0.3 is 0 Å². The molecule has 0 bridgehead atoms. The Kier molecular flexibility index (Phi) is 4.20. The first-order chi connectivity index (χ1) is 12.8. The van der Waals surface area contributed by atoms with Crippen molar-refractivity contribution in [2.45, 2.75) is 51.6 Å². The highest BCUT2D eigenvalue weighted by atomic mass is 16.1. The van der Waals surface area contributed by atoms with Gasteiger partial charge in [0, 0.05) is 32.3 Å². The number of ketones is 1. The number of aryl methyl sites for hydroxylation is 1. The molecule has 1 fully saturated rings. The van der Waals surface area contributed by atoms with Crippen LogP contribution in [0.25, 0.3) is 11.0 Å². The van der Waals surface area contributed by atoms with E-state index in [1.807, 2.05) is 17.9 Å². The summed E-state index contributed by atoms with van der Waals surface area (Å²) >= 11 is 0. The predicted molar refractivity (Wildman–Crippen MR) is 103 cm³/mol. The monoisotopic (exact) mass is 367 g/mol. The average Bonchev–Trinajstić information content (AvgIpc) is 3.32. The van der Waals surface area contributed by atoms with Crippen molar-refractivity contribution >= 4 is 22.6 Å². The fourth-order valence-corrected chi connectivity index (χ4v) is 3.78. The number of carbonyl (C=O) groups is 1. The van der Waals surface area contributed by atoms with Gasteiger partial charge in [0.1, 0.15) is 12.1 Å². The Labute approximate surface area is 158 Å². The highest BCUT2D eigenvalue weighted by Crippen LogP contribution is 2.32. The lowest BCUT2D eigenvalue weighted by atomic mass is 10.0. The van der Waals surface area contributed by atoms with Gasteiger partial charge in [-0.2, -0.15) is 10.2 Å². The van der Waals surface area contributed by atoms with Gasteiger partial charge in [0.05, 0.1) is 28.9 Å². The van der Waals surface area contributed by atoms with E-state index < -0.39 is 0 Å². The fourth-order valence-electron chi connectivity index (χ4n) is 3.78. The summed E-state index contributed by atoms with van der Waals surface area (Å²) in [6.45, 7) is 7.20. The summed E-state index contributed by atoms with van der Waals surface area (Å²) in [7, 11) is 1.82. The molecular formula is C19H25N7O. The van der Waals surface area contributed by atoms with E-state index in [0.717, 1.165) is 36.2 Å². The first-order valence-corrected chi connectivity index (χ1v) is 9.32. The SMILES string of the molecule is Cn1cc(C(=O)C[C@H]2CCCN2c2ncnc3c2cnn3C(C)(C)C)cn1. The molecule has 8 nitrogen and oxygen atoms in total. The predicted octanol–water partition coefficient (Wildman–Crippen LogP) is 2.56. The molecule has 1 aliphatic heterocycles. The minimum Gasteiger partial charge on any atom is -0.352 e. The normalized spacial score (nSPS) is 17.8. The molecule has 3 aromatic rings. The van der Waals surface area contributed by atoms with Crippen LogP contribution in [0, 0.1) is 0 Å². The van der Waals surface area contributed by atoms with Crippen molar-refractivity contribution < 1.29 is 4.79 Å². The van der Waals surface area contributed by atoms with Gasteiger partial charge in [0.15, 0.2) is 11.4 Å². The summed E-state index contributed by atoms with van der Waals surface area (Å²) < 4.78 is 3.59. The molecule has 0 N–H and O–H groups in total. The van der Waals surface area contributed by atoms with E-state index in [9.17, 15) is 4.79 Å². The summed E-state index contributed by atoms with van der Waals surface area (Å²) in [6, 6.07) is 0.133. The van der Waals surface area contributed by atoms with Crippen LogP contribution >= 0.6 is 0 Å². The maximum Gasteiger partial charge on any atom is 0.168 e. The molecule has 4 heterocycles. The number of hydrogen-bond donors (Lipinski definition) is 0. The highest BCUT2D eigenvalue weighted by molar-refractivity contribution is 5.96. The van der Waals surface area contributed by atoms with Gasteiger partial charge in [0.2, 0.25) is 0 Å². The van der Waals surface area contributed by atoms with Crippen molar-refractivity contribution in [1.29, 1.82) is 0 Å². The third kappa shape index (κ3) is 3.20. The average molecular weight is 367 g/mol. The lowest BCUT2D eigenvalue weighted by molar-refractivity contribution is 0.0974. The standard InChI is InChI=1S/C19H25N7O/c1-19(2,3)26-18-15(10-23-26)17(20-12-21-18)25-7-5-6-14(25)8-16(27)13-9-22-24(4)11-13/h9-12,14H,5-8H2,1-4H3/t14-/m1/s1. The van der Waals surface area contributed by atoms with E-state index in [0.29, 0.717) is 12.0 Å². The lowest BCUT2D eigenvalue weighted by Gasteiger charge is -2.26. The van der Waals surface area contributed by atoms with E-state index in [-0.39, 0.29) is 17.4 Å². The molecule has 1 saturated heterocycles. The highest BCUT2D eigenvalue weighted by Gasteiger charge is 2.31. The minimum absolute atomic E-state index is 0.121. The van der Waals surface area contributed by atoms with E-state index in [1.54, 1.807) is 23.4 Å². The van der Waals surface area contributed by atoms with Crippen LogP contribution in [0.15, 0.2) is 24.9 Å². The van der Waals surface area contributed by atoms with Crippen molar-refractivity contribution in [2.24, 2.45) is 7.05 Å². The molecule has 0 radical (unpaired) electrons. The number of aromatic nitrogens is 6. The molecule has 0 unspecified atom stereocenters. The molecular weight excluding hydrogens is 342 g/mol. The van der Waals surface area contributed by atoms with Crippen LogP contribution in [0.2, 0.25) is 0 Å². The molecule has 0 saturated carbocycles. The minimum atomic E-state index is -0.159. The van der Waals surface area contributed by atoms with Crippen LogP contribution in [0.3, 0.4) is 0 Å². The van der Waals surface area contributed by atoms with Gasteiger partial charge in [-0.1, -0.05) is 0 Å². The van der Waals surface area contributed by atoms with Crippen LogP contribution < -0.4 is 4.90 Å². The second-order valence-electron chi connectivity index (χ2n) is 8.18. The number of fused-ring (bicyclic) bond motifs is 1. The lowest BCUT2D eigenvalue weighted by Crippen LogP contribution is -2.32. The Bertz CT molecular complexity index is 982. The molecule has 0 aliphatic carbocycles. The smallest absolute Gasteiger partial charge is 0.168 e. The van der Waals surface area contributed by atoms with Gasteiger partial charge in [-0.05, 0) is 33.6 Å². The number of carbonyl (C=O) groups excluding carboxylic acids is 1. The molecule has 142 valence electrons. The molecule has 4 rings (SSSR count). The molecule has 1 aliphatic rings. The Balaban J connectivity index is 1.64. The van der Waals surface area contributed by atoms with Gasteiger partial charge < -0.3 is 4.90 Å². The molecule has 8 heteroatoms. The van der Waals surface area contributed by atoms with Crippen molar-refractivity contribution in [3.8, 4) is 0 Å². The zero-order valence-corrected chi connectivity index (χ0v) is 16.3. The number of Topliss-reactive ketones (excluding diaryl/α,β-unsaturated/α-hetero) is 1. The van der Waals surface area contributed by atoms with E-state index in [2.05, 4.69) is 45.8 Å². The zero-order chi connectivity index (χ0) is 19.2. The van der Waals surface area contributed by atoms with Crippen molar-refractivity contribution in [3.63, 3.8) is 0 Å². The molecule has 0 aromatic carbocycles. The quantitative estimate of drug-likeness (QED) is 0.659. The molecule has 1 atom stereocenters. The van der Waals surface area contributed by atoms with Crippen LogP contribution in [-0.2, 0) is 12.6 Å². The van der Waals surface area contributed by atoms with Crippen LogP contribution in [-0.4, -0.2) is 47.9 Å². The summed E-state index contributed by atoms with van der Waals surface area (Å²) in [5.41, 5.74) is 1.34. The molecule has 27 heavy (non-hydrogen) atoms. The van der Waals surface area contributed by atoms with Gasteiger partial charge in [-0.3, -0.25) is 9.48 Å². The topological polar surface area (TPSA) is 81.7 Å². The first kappa shape index (κ1) is 17.6. The summed E-state index contributed by atoms with van der Waals surface area (Å²) in [5, 5.41) is 9.59. The van der Waals surface area contributed by atoms with Gasteiger partial charge in [-0.15, -0.1) is 0 Å². The molecule has 0 amide bonds. The van der Waals surface area contributed by atoms with E-state index >= 15 is 0 Å². The number of hydrogen-bond acceptors (Lipinski definition) is 6. The molecule has 3 aromatic heterocycles. The van der Waals surface area contributed by atoms with E-state index in [4.69, 9.17) is 0 Å². The largest absolute Gasteiger partial charge is 0.352 e. The van der Waals surface area contributed by atoms with Crippen molar-refractivity contribution in [3.05, 3.63) is 30.5 Å². The number of rotatable bonds is 4. The zero-order valence-electron chi connectivity index (χ0n) is 16.3. The third-order valence-corrected chi connectivity index (χ3v) is 5.08. The third-order valence-electron chi connectivity index (χ3n) is 5.08. The van der Waals surface area contributed by atoms with Crippen LogP contribution in [0.5, 0.6) is 0 Å². The Morgan fingerprint density at radius 3 is 2.74 bits per heavy atom. The maximum atomic E-state index is 12.7. The van der Waals surface area contributed by atoms with E-state index in [1.165, 1.54) is 0 Å². The first-order valence-electron chi connectivity index (χ1n) is 9.32. The number of nitrogens with zero attached hydrogens (tertiary/aromatic N) is 7. The second-order valence-corrected chi connectivity index (χ2v) is 8.18. The van der Waals surface area contributed by atoms with Crippen molar-refractivity contribution in [1.82, 2.24) is 29.5 Å². The van der Waals surface area contributed by atoms with Gasteiger partial charge in [-0.25, -0.2) is 14.6 Å². The summed E-state index contributed by atoms with van der Waals surface area (Å²) in [4.78, 5) is 23.9. The Morgan fingerprint density at radius 2 is 2.04 bits per heavy atom. The van der Waals surface area contributed by atoms with Crippen LogP contribution in [0.4, 0.5) is 5.82 Å². The van der Waals surface area contributed by atoms with Crippen LogP contribution in [0.1, 0.15) is 50.4 Å².